The Hall–Kier alpha value is -3.89. The number of hydrogen-bond donors (Lipinski definition) is 2. The van der Waals surface area contributed by atoms with Gasteiger partial charge in [0.25, 0.3) is 11.5 Å². The Bertz CT molecular complexity index is 1190. The molecule has 2 N–H and O–H groups in total. The average molecular weight is 448 g/mol. The molecular weight excluding hydrogens is 432 g/mol. The van der Waals surface area contributed by atoms with Crippen molar-refractivity contribution in [2.45, 2.75) is 12.3 Å². The molecule has 1 saturated heterocycles. The fraction of sp³-hybridized carbons (Fsp3) is 0.190. The van der Waals surface area contributed by atoms with Crippen LogP contribution in [0.15, 0.2) is 59.8 Å². The van der Waals surface area contributed by atoms with Crippen molar-refractivity contribution in [3.63, 3.8) is 0 Å². The topological polar surface area (TPSA) is 87.3 Å². The molecule has 1 aliphatic heterocycles. The minimum Gasteiger partial charge on any atom is -0.487 e. The molecule has 7 nitrogen and oxygen atoms in total. The second-order valence-corrected chi connectivity index (χ2v) is 7.08. The molecule has 0 unspecified atom stereocenters. The monoisotopic (exact) mass is 448 g/mol. The lowest BCUT2D eigenvalue weighted by Crippen LogP contribution is -2.55. The van der Waals surface area contributed by atoms with E-state index in [0.717, 1.165) is 12.1 Å². The highest BCUT2D eigenvalue weighted by atomic mass is 19.4. The molecule has 3 heterocycles. The molecule has 11 heteroatoms. The molecule has 1 amide bonds. The van der Waals surface area contributed by atoms with Crippen LogP contribution in [0.1, 0.15) is 15.9 Å². The van der Waals surface area contributed by atoms with E-state index in [1.54, 1.807) is 23.1 Å². The summed E-state index contributed by atoms with van der Waals surface area (Å²) in [5.41, 5.74) is -1.13. The van der Waals surface area contributed by atoms with Crippen LogP contribution in [0.5, 0.6) is 5.75 Å². The van der Waals surface area contributed by atoms with Crippen LogP contribution in [-0.2, 0) is 6.18 Å². The van der Waals surface area contributed by atoms with Gasteiger partial charge in [0.15, 0.2) is 0 Å². The van der Waals surface area contributed by atoms with E-state index in [-0.39, 0.29) is 24.4 Å². The maximum atomic E-state index is 13.6. The Morgan fingerprint density at radius 2 is 2.00 bits per heavy atom. The maximum Gasteiger partial charge on any atom is 0.416 e. The number of rotatable bonds is 5. The van der Waals surface area contributed by atoms with Crippen LogP contribution in [0, 0.1) is 5.82 Å². The van der Waals surface area contributed by atoms with Crippen molar-refractivity contribution in [3.8, 4) is 5.75 Å². The van der Waals surface area contributed by atoms with E-state index in [4.69, 9.17) is 4.74 Å². The van der Waals surface area contributed by atoms with Crippen LogP contribution in [0.3, 0.4) is 0 Å². The fourth-order valence-electron chi connectivity index (χ4n) is 3.28. The third-order valence-electron chi connectivity index (χ3n) is 4.78. The summed E-state index contributed by atoms with van der Waals surface area (Å²) in [6, 6.07) is 6.77. The number of nitrogens with one attached hydrogen (secondary N) is 2. The van der Waals surface area contributed by atoms with Crippen molar-refractivity contribution >= 4 is 17.3 Å². The van der Waals surface area contributed by atoms with E-state index >= 15 is 0 Å². The Morgan fingerprint density at radius 3 is 2.69 bits per heavy atom. The number of pyridine rings is 2. The molecule has 1 aliphatic rings. The van der Waals surface area contributed by atoms with Crippen molar-refractivity contribution in [2.24, 2.45) is 0 Å². The molecule has 0 bridgehead atoms. The summed E-state index contributed by atoms with van der Waals surface area (Å²) in [5, 5.41) is 2.59. The van der Waals surface area contributed by atoms with Gasteiger partial charge < -0.3 is 19.9 Å². The molecule has 1 aromatic carbocycles. The van der Waals surface area contributed by atoms with Crippen LogP contribution < -0.4 is 20.5 Å². The smallest absolute Gasteiger partial charge is 0.416 e. The van der Waals surface area contributed by atoms with Gasteiger partial charge in [-0.3, -0.25) is 14.6 Å². The third-order valence-corrected chi connectivity index (χ3v) is 4.78. The lowest BCUT2D eigenvalue weighted by Gasteiger charge is -2.41. The zero-order valence-electron chi connectivity index (χ0n) is 16.3. The lowest BCUT2D eigenvalue weighted by atomic mass is 10.1. The van der Waals surface area contributed by atoms with Crippen molar-refractivity contribution in [1.29, 1.82) is 0 Å². The standard InChI is InChI=1S/C21H16F4N4O3/c22-13-6-12(21(23,24)25)7-15(8-13)32-16-10-29(11-16)17-3-5-27-19(30)18(17)20(31)28-14-2-1-4-26-9-14/h1-9,16H,10-11H2,(H,27,30)(H,28,31). The number of anilines is 2. The van der Waals surface area contributed by atoms with Crippen LogP contribution in [0.2, 0.25) is 0 Å². The lowest BCUT2D eigenvalue weighted by molar-refractivity contribution is -0.137. The van der Waals surface area contributed by atoms with Gasteiger partial charge in [-0.15, -0.1) is 0 Å². The van der Waals surface area contributed by atoms with Crippen LogP contribution in [-0.4, -0.2) is 35.1 Å². The number of alkyl halides is 3. The minimum absolute atomic E-state index is 0.125. The van der Waals surface area contributed by atoms with Crippen molar-refractivity contribution < 1.29 is 27.1 Å². The Labute approximate surface area is 178 Å². The number of hydrogen-bond acceptors (Lipinski definition) is 5. The molecule has 166 valence electrons. The van der Waals surface area contributed by atoms with Crippen molar-refractivity contribution in [1.82, 2.24) is 9.97 Å². The van der Waals surface area contributed by atoms with E-state index in [2.05, 4.69) is 15.3 Å². The number of nitrogens with zero attached hydrogens (tertiary/aromatic N) is 2. The number of benzene rings is 1. The Kier molecular flexibility index (Phi) is 5.56. The predicted molar refractivity (Wildman–Crippen MR) is 107 cm³/mol. The molecule has 0 aliphatic carbocycles. The second kappa shape index (κ2) is 8.33. The zero-order valence-corrected chi connectivity index (χ0v) is 16.3. The van der Waals surface area contributed by atoms with Gasteiger partial charge in [-0.2, -0.15) is 13.2 Å². The van der Waals surface area contributed by atoms with Gasteiger partial charge in [0.2, 0.25) is 0 Å². The first kappa shape index (κ1) is 21.3. The number of amides is 1. The summed E-state index contributed by atoms with van der Waals surface area (Å²) < 4.78 is 57.7. The van der Waals surface area contributed by atoms with E-state index in [0.29, 0.717) is 17.4 Å². The number of aromatic nitrogens is 2. The summed E-state index contributed by atoms with van der Waals surface area (Å²) in [4.78, 5) is 33.0. The van der Waals surface area contributed by atoms with Crippen LogP contribution >= 0.6 is 0 Å². The quantitative estimate of drug-likeness (QED) is 0.584. The molecule has 2 aromatic heterocycles. The largest absolute Gasteiger partial charge is 0.487 e. The predicted octanol–water partition coefficient (Wildman–Crippen LogP) is 3.45. The number of aromatic amines is 1. The number of ether oxygens (including phenoxy) is 1. The maximum absolute atomic E-state index is 13.6. The van der Waals surface area contributed by atoms with Crippen molar-refractivity contribution in [2.75, 3.05) is 23.3 Å². The first-order valence-corrected chi connectivity index (χ1v) is 9.43. The van der Waals surface area contributed by atoms with Crippen LogP contribution in [0.4, 0.5) is 28.9 Å². The van der Waals surface area contributed by atoms with Crippen LogP contribution in [0.25, 0.3) is 0 Å². The number of carbonyl (C=O) groups excluding carboxylic acids is 1. The van der Waals surface area contributed by atoms with Gasteiger partial charge in [-0.1, -0.05) is 0 Å². The van der Waals surface area contributed by atoms with E-state index in [9.17, 15) is 27.2 Å². The molecule has 0 saturated carbocycles. The number of halogens is 4. The highest BCUT2D eigenvalue weighted by molar-refractivity contribution is 6.07. The second-order valence-electron chi connectivity index (χ2n) is 7.08. The molecule has 0 atom stereocenters. The first-order chi connectivity index (χ1) is 15.2. The summed E-state index contributed by atoms with van der Waals surface area (Å²) in [6.07, 6.45) is -0.905. The summed E-state index contributed by atoms with van der Waals surface area (Å²) in [6.45, 7) is 0.378. The number of carbonyl (C=O) groups is 1. The van der Waals surface area contributed by atoms with Gasteiger partial charge >= 0.3 is 6.18 Å². The van der Waals surface area contributed by atoms with Gasteiger partial charge in [-0.25, -0.2) is 4.39 Å². The van der Waals surface area contributed by atoms with Gasteiger partial charge in [0, 0.05) is 18.5 Å². The van der Waals surface area contributed by atoms with E-state index in [1.807, 2.05) is 0 Å². The molecule has 1 fully saturated rings. The summed E-state index contributed by atoms with van der Waals surface area (Å²) >= 11 is 0. The summed E-state index contributed by atoms with van der Waals surface area (Å²) in [7, 11) is 0. The first-order valence-electron chi connectivity index (χ1n) is 9.43. The normalized spacial score (nSPS) is 14.1. The van der Waals surface area contributed by atoms with Crippen molar-refractivity contribution in [3.05, 3.63) is 82.3 Å². The Morgan fingerprint density at radius 1 is 1.22 bits per heavy atom. The van der Waals surface area contributed by atoms with Gasteiger partial charge in [-0.05, 0) is 30.3 Å². The number of H-pyrrole nitrogens is 1. The molecule has 0 spiro atoms. The molecule has 3 aromatic rings. The van der Waals surface area contributed by atoms with Gasteiger partial charge in [0.1, 0.15) is 23.2 Å². The molecule has 0 radical (unpaired) electrons. The highest BCUT2D eigenvalue weighted by Crippen LogP contribution is 2.33. The molecule has 4 rings (SSSR count). The average Bonchev–Trinajstić information content (AvgIpc) is 2.70. The van der Waals surface area contributed by atoms with Gasteiger partial charge in [0.05, 0.1) is 36.2 Å². The summed E-state index contributed by atoms with van der Waals surface area (Å²) in [5.74, 6) is -1.95. The third kappa shape index (κ3) is 4.56. The Balaban J connectivity index is 1.48. The molecule has 32 heavy (non-hydrogen) atoms. The molecular formula is C21H16F4N4O3. The van der Waals surface area contributed by atoms with E-state index in [1.165, 1.54) is 18.6 Å². The fourth-order valence-corrected chi connectivity index (χ4v) is 3.28. The highest BCUT2D eigenvalue weighted by Gasteiger charge is 2.34. The van der Waals surface area contributed by atoms with E-state index < -0.39 is 35.1 Å². The SMILES string of the molecule is O=C(Nc1cccnc1)c1c(N2CC(Oc3cc(F)cc(C(F)(F)F)c3)C2)cc[nH]c1=O. The minimum atomic E-state index is -4.70. The zero-order chi connectivity index (χ0) is 22.9.